The molecule has 0 aliphatic carbocycles. The Hall–Kier alpha value is -1.52. The highest BCUT2D eigenvalue weighted by atomic mass is 16.4. The van der Waals surface area contributed by atoms with Gasteiger partial charge in [0.2, 0.25) is 0 Å². The Balaban J connectivity index is 3.99. The smallest absolute Gasteiger partial charge is 0.323 e. The van der Waals surface area contributed by atoms with Crippen LogP contribution in [0.15, 0.2) is 12.7 Å². The molecular formula is C6H10N2O3. The van der Waals surface area contributed by atoms with Crippen molar-refractivity contribution in [2.75, 3.05) is 13.1 Å². The summed E-state index contributed by atoms with van der Waals surface area (Å²) < 4.78 is 0. The van der Waals surface area contributed by atoms with Crippen LogP contribution in [-0.2, 0) is 4.79 Å². The van der Waals surface area contributed by atoms with E-state index in [0.29, 0.717) is 0 Å². The third kappa shape index (κ3) is 3.96. The lowest BCUT2D eigenvalue weighted by Gasteiger charge is -2.14. The zero-order chi connectivity index (χ0) is 8.85. The van der Waals surface area contributed by atoms with Crippen LogP contribution in [0.3, 0.4) is 0 Å². The summed E-state index contributed by atoms with van der Waals surface area (Å²) in [6.07, 6.45) is 1.41. The lowest BCUT2D eigenvalue weighted by Crippen LogP contribution is -2.39. The largest absolute Gasteiger partial charge is 0.480 e. The predicted octanol–water partition coefficient (Wildman–Crippen LogP) is -0.362. The molecule has 0 saturated heterocycles. The van der Waals surface area contributed by atoms with E-state index in [-0.39, 0.29) is 13.1 Å². The lowest BCUT2D eigenvalue weighted by molar-refractivity contribution is -0.137. The standard InChI is InChI=1S/C6H10N2O3/c1-2-3-8(6(7)11)4-5(9)10/h2H,1,3-4H2,(H2,7,11)(H,9,10). The fourth-order valence-corrected chi connectivity index (χ4v) is 0.552. The summed E-state index contributed by atoms with van der Waals surface area (Å²) in [7, 11) is 0. The number of carbonyl (C=O) groups is 2. The van der Waals surface area contributed by atoms with Crippen LogP contribution in [0.1, 0.15) is 0 Å². The number of urea groups is 1. The van der Waals surface area contributed by atoms with Gasteiger partial charge in [-0.2, -0.15) is 0 Å². The maximum atomic E-state index is 10.5. The van der Waals surface area contributed by atoms with E-state index in [9.17, 15) is 9.59 Å². The summed E-state index contributed by atoms with van der Waals surface area (Å²) in [4.78, 5) is 21.5. The number of aliphatic carboxylic acids is 1. The minimum atomic E-state index is -1.09. The first-order valence-corrected chi connectivity index (χ1v) is 2.95. The van der Waals surface area contributed by atoms with E-state index in [1.165, 1.54) is 6.08 Å². The Morgan fingerprint density at radius 2 is 2.18 bits per heavy atom. The van der Waals surface area contributed by atoms with Gasteiger partial charge >= 0.3 is 12.0 Å². The van der Waals surface area contributed by atoms with E-state index in [1.807, 2.05) is 0 Å². The molecule has 11 heavy (non-hydrogen) atoms. The second-order valence-electron chi connectivity index (χ2n) is 1.90. The molecule has 0 rings (SSSR count). The van der Waals surface area contributed by atoms with E-state index in [4.69, 9.17) is 10.8 Å². The number of carboxylic acid groups (broad SMARTS) is 1. The molecule has 0 heterocycles. The number of carbonyl (C=O) groups excluding carboxylic acids is 1. The number of nitrogens with two attached hydrogens (primary N) is 1. The fraction of sp³-hybridized carbons (Fsp3) is 0.333. The Labute approximate surface area is 64.1 Å². The van der Waals surface area contributed by atoms with Crippen LogP contribution < -0.4 is 5.73 Å². The summed E-state index contributed by atoms with van der Waals surface area (Å²) in [5.41, 5.74) is 4.85. The van der Waals surface area contributed by atoms with Crippen LogP contribution in [0.25, 0.3) is 0 Å². The van der Waals surface area contributed by atoms with Gasteiger partial charge in [-0.1, -0.05) is 6.08 Å². The highest BCUT2D eigenvalue weighted by molar-refractivity contribution is 5.78. The van der Waals surface area contributed by atoms with E-state index in [0.717, 1.165) is 4.90 Å². The Kier molecular flexibility index (Phi) is 3.72. The average Bonchev–Trinajstić information content (AvgIpc) is 1.86. The first-order chi connectivity index (χ1) is 5.07. The third-order valence-corrected chi connectivity index (χ3v) is 0.987. The topological polar surface area (TPSA) is 83.6 Å². The van der Waals surface area contributed by atoms with Crippen molar-refractivity contribution in [1.82, 2.24) is 4.90 Å². The molecule has 5 nitrogen and oxygen atoms in total. The summed E-state index contributed by atoms with van der Waals surface area (Å²) >= 11 is 0. The second kappa shape index (κ2) is 4.32. The summed E-state index contributed by atoms with van der Waals surface area (Å²) in [5.74, 6) is -1.09. The zero-order valence-corrected chi connectivity index (χ0v) is 5.99. The predicted molar refractivity (Wildman–Crippen MR) is 39.0 cm³/mol. The number of rotatable bonds is 4. The van der Waals surface area contributed by atoms with Crippen LogP contribution in [0, 0.1) is 0 Å². The first-order valence-electron chi connectivity index (χ1n) is 2.95. The van der Waals surface area contributed by atoms with Gasteiger partial charge in [-0.3, -0.25) is 4.79 Å². The van der Waals surface area contributed by atoms with Gasteiger partial charge in [0.15, 0.2) is 0 Å². The molecule has 0 saturated carbocycles. The van der Waals surface area contributed by atoms with Crippen LogP contribution in [0.2, 0.25) is 0 Å². The minimum Gasteiger partial charge on any atom is -0.480 e. The molecule has 0 aromatic carbocycles. The molecule has 0 aromatic heterocycles. The maximum absolute atomic E-state index is 10.5. The Bertz CT molecular complexity index is 179. The number of carboxylic acids is 1. The van der Waals surface area contributed by atoms with Crippen LogP contribution in [-0.4, -0.2) is 35.1 Å². The van der Waals surface area contributed by atoms with Crippen molar-refractivity contribution in [3.63, 3.8) is 0 Å². The van der Waals surface area contributed by atoms with E-state index < -0.39 is 12.0 Å². The summed E-state index contributed by atoms with van der Waals surface area (Å²) in [6.45, 7) is 3.11. The molecule has 0 aliphatic rings. The SMILES string of the molecule is C=CCN(CC(=O)O)C(N)=O. The number of hydrogen-bond donors (Lipinski definition) is 2. The molecule has 62 valence electrons. The van der Waals surface area contributed by atoms with Gasteiger partial charge in [-0.25, -0.2) is 4.79 Å². The van der Waals surface area contributed by atoms with Crippen LogP contribution in [0.4, 0.5) is 4.79 Å². The molecule has 0 atom stereocenters. The average molecular weight is 158 g/mol. The molecule has 3 N–H and O–H groups in total. The Morgan fingerprint density at radius 3 is 2.45 bits per heavy atom. The van der Waals surface area contributed by atoms with Gasteiger partial charge in [0.1, 0.15) is 6.54 Å². The monoisotopic (exact) mass is 158 g/mol. The first kappa shape index (κ1) is 9.48. The molecule has 0 spiro atoms. The van der Waals surface area contributed by atoms with Crippen molar-refractivity contribution < 1.29 is 14.7 Å². The van der Waals surface area contributed by atoms with Gasteiger partial charge in [0.05, 0.1) is 0 Å². The van der Waals surface area contributed by atoms with Gasteiger partial charge in [-0.05, 0) is 0 Å². The number of hydrogen-bond acceptors (Lipinski definition) is 2. The molecule has 0 aliphatic heterocycles. The van der Waals surface area contributed by atoms with Crippen molar-refractivity contribution in [2.45, 2.75) is 0 Å². The maximum Gasteiger partial charge on any atom is 0.323 e. The fourth-order valence-electron chi connectivity index (χ4n) is 0.552. The highest BCUT2D eigenvalue weighted by Gasteiger charge is 2.10. The Morgan fingerprint density at radius 1 is 1.64 bits per heavy atom. The van der Waals surface area contributed by atoms with Crippen molar-refractivity contribution in [1.29, 1.82) is 0 Å². The van der Waals surface area contributed by atoms with Gasteiger partial charge < -0.3 is 15.7 Å². The highest BCUT2D eigenvalue weighted by Crippen LogP contribution is 1.86. The molecule has 0 aromatic rings. The molecule has 0 unspecified atom stereocenters. The molecule has 2 amide bonds. The van der Waals surface area contributed by atoms with Crippen molar-refractivity contribution in [2.24, 2.45) is 5.73 Å². The number of primary amides is 1. The van der Waals surface area contributed by atoms with Crippen molar-refractivity contribution in [3.05, 3.63) is 12.7 Å². The molecular weight excluding hydrogens is 148 g/mol. The second-order valence-corrected chi connectivity index (χ2v) is 1.90. The molecule has 0 fully saturated rings. The number of amides is 2. The van der Waals surface area contributed by atoms with E-state index in [2.05, 4.69) is 6.58 Å². The molecule has 0 radical (unpaired) electrons. The quantitative estimate of drug-likeness (QED) is 0.548. The van der Waals surface area contributed by atoms with Crippen LogP contribution in [0.5, 0.6) is 0 Å². The number of nitrogens with zero attached hydrogens (tertiary/aromatic N) is 1. The van der Waals surface area contributed by atoms with Gasteiger partial charge in [0, 0.05) is 6.54 Å². The van der Waals surface area contributed by atoms with E-state index >= 15 is 0 Å². The van der Waals surface area contributed by atoms with Crippen molar-refractivity contribution >= 4 is 12.0 Å². The lowest BCUT2D eigenvalue weighted by atomic mass is 10.5. The van der Waals surface area contributed by atoms with Crippen LogP contribution >= 0.6 is 0 Å². The normalized spacial score (nSPS) is 8.73. The van der Waals surface area contributed by atoms with Gasteiger partial charge in [0.25, 0.3) is 0 Å². The van der Waals surface area contributed by atoms with Crippen molar-refractivity contribution in [3.8, 4) is 0 Å². The van der Waals surface area contributed by atoms with E-state index in [1.54, 1.807) is 0 Å². The zero-order valence-electron chi connectivity index (χ0n) is 5.99. The summed E-state index contributed by atoms with van der Waals surface area (Å²) in [6, 6.07) is -0.757. The summed E-state index contributed by atoms with van der Waals surface area (Å²) in [5, 5.41) is 8.28. The molecule has 5 heteroatoms. The van der Waals surface area contributed by atoms with Gasteiger partial charge in [-0.15, -0.1) is 6.58 Å². The third-order valence-electron chi connectivity index (χ3n) is 0.987. The molecule has 0 bridgehead atoms. The minimum absolute atomic E-state index is 0.154.